The molecule has 2 aliphatic rings. The molecule has 0 bridgehead atoms. The van der Waals surface area contributed by atoms with Crippen LogP contribution in [0.2, 0.25) is 0 Å². The first-order chi connectivity index (χ1) is 12.1. The highest BCUT2D eigenvalue weighted by Crippen LogP contribution is 2.34. The third-order valence-electron chi connectivity index (χ3n) is 5.07. The average Bonchev–Trinajstić information content (AvgIpc) is 3.24. The summed E-state index contributed by atoms with van der Waals surface area (Å²) >= 11 is 0. The number of rotatable bonds is 4. The van der Waals surface area contributed by atoms with Gasteiger partial charge in [0.2, 0.25) is 0 Å². The molecule has 4 heterocycles. The van der Waals surface area contributed by atoms with Crippen LogP contribution in [0.3, 0.4) is 0 Å². The lowest BCUT2D eigenvalue weighted by atomic mass is 10.00. The van der Waals surface area contributed by atoms with Gasteiger partial charge in [-0.25, -0.2) is 9.67 Å². The van der Waals surface area contributed by atoms with E-state index in [4.69, 9.17) is 13.9 Å². The highest BCUT2D eigenvalue weighted by atomic mass is 16.6. The van der Waals surface area contributed by atoms with E-state index in [1.165, 1.54) is 0 Å². The van der Waals surface area contributed by atoms with Crippen molar-refractivity contribution in [2.75, 3.05) is 26.3 Å². The van der Waals surface area contributed by atoms with E-state index in [-0.39, 0.29) is 11.7 Å². The van der Waals surface area contributed by atoms with Crippen molar-refractivity contribution in [1.82, 2.24) is 19.7 Å². The molecule has 136 valence electrons. The molecule has 0 N–H and O–H groups in total. The summed E-state index contributed by atoms with van der Waals surface area (Å²) in [6, 6.07) is 3.95. The number of furan rings is 1. The van der Waals surface area contributed by atoms with Gasteiger partial charge in [0.1, 0.15) is 23.0 Å². The van der Waals surface area contributed by atoms with Gasteiger partial charge in [0.05, 0.1) is 38.7 Å². The lowest BCUT2D eigenvalue weighted by Gasteiger charge is -2.31. The van der Waals surface area contributed by atoms with Gasteiger partial charge < -0.3 is 13.9 Å². The standard InChI is InChI=1S/C18H26N4O3/c1-14-19-15(2)22(20-14)11-17-5-6-18(25-17)12-21(7-9-23-13-18)10-16-4-3-8-24-16/h3-4,8,17H,5-7,9-13H2,1-2H3/t17-,18+/m0/s1. The molecule has 2 aromatic heterocycles. The maximum Gasteiger partial charge on any atom is 0.147 e. The van der Waals surface area contributed by atoms with Gasteiger partial charge in [-0.2, -0.15) is 5.10 Å². The number of aromatic nitrogens is 3. The molecule has 2 aliphatic heterocycles. The Kier molecular flexibility index (Phi) is 4.62. The Morgan fingerprint density at radius 1 is 1.36 bits per heavy atom. The molecule has 0 amide bonds. The molecule has 7 heteroatoms. The molecule has 25 heavy (non-hydrogen) atoms. The van der Waals surface area contributed by atoms with Gasteiger partial charge >= 0.3 is 0 Å². The second-order valence-corrected chi connectivity index (χ2v) is 7.19. The Morgan fingerprint density at radius 2 is 2.28 bits per heavy atom. The Hall–Kier alpha value is -1.70. The summed E-state index contributed by atoms with van der Waals surface area (Å²) in [4.78, 5) is 6.75. The van der Waals surface area contributed by atoms with E-state index < -0.39 is 0 Å². The number of ether oxygens (including phenoxy) is 2. The van der Waals surface area contributed by atoms with E-state index in [1.54, 1.807) is 6.26 Å². The smallest absolute Gasteiger partial charge is 0.147 e. The van der Waals surface area contributed by atoms with E-state index in [2.05, 4.69) is 15.0 Å². The van der Waals surface area contributed by atoms with Crippen LogP contribution in [0.5, 0.6) is 0 Å². The van der Waals surface area contributed by atoms with Gasteiger partial charge in [0.25, 0.3) is 0 Å². The van der Waals surface area contributed by atoms with Crippen molar-refractivity contribution in [3.05, 3.63) is 35.8 Å². The topological polar surface area (TPSA) is 65.5 Å². The minimum absolute atomic E-state index is 0.159. The van der Waals surface area contributed by atoms with Crippen molar-refractivity contribution in [1.29, 1.82) is 0 Å². The van der Waals surface area contributed by atoms with Crippen LogP contribution in [0.1, 0.15) is 30.3 Å². The summed E-state index contributed by atoms with van der Waals surface area (Å²) in [6.07, 6.45) is 3.92. The van der Waals surface area contributed by atoms with E-state index in [0.717, 1.165) is 63.0 Å². The molecule has 0 radical (unpaired) electrons. The molecule has 4 rings (SSSR count). The van der Waals surface area contributed by atoms with Crippen molar-refractivity contribution in [3.63, 3.8) is 0 Å². The Balaban J connectivity index is 1.41. The summed E-state index contributed by atoms with van der Waals surface area (Å²) < 4.78 is 19.8. The molecule has 2 atom stereocenters. The summed E-state index contributed by atoms with van der Waals surface area (Å²) in [5.74, 6) is 2.74. The van der Waals surface area contributed by atoms with Crippen LogP contribution in [-0.4, -0.2) is 57.7 Å². The fourth-order valence-corrected chi connectivity index (χ4v) is 3.92. The number of nitrogens with zero attached hydrogens (tertiary/aromatic N) is 4. The van der Waals surface area contributed by atoms with E-state index in [9.17, 15) is 0 Å². The molecule has 2 fully saturated rings. The molecular formula is C18H26N4O3. The molecular weight excluding hydrogens is 320 g/mol. The SMILES string of the molecule is Cc1nc(C)n(C[C@@H]2CC[C@@]3(COCCN(Cc4ccco4)C3)O2)n1. The first kappa shape index (κ1) is 16.8. The summed E-state index contributed by atoms with van der Waals surface area (Å²) in [6.45, 7) is 8.64. The van der Waals surface area contributed by atoms with E-state index in [1.807, 2.05) is 30.7 Å². The average molecular weight is 346 g/mol. The Bertz CT molecular complexity index is 699. The van der Waals surface area contributed by atoms with Crippen LogP contribution in [0.15, 0.2) is 22.8 Å². The third-order valence-corrected chi connectivity index (χ3v) is 5.07. The van der Waals surface area contributed by atoms with Gasteiger partial charge in [-0.1, -0.05) is 0 Å². The molecule has 2 aromatic rings. The second-order valence-electron chi connectivity index (χ2n) is 7.19. The highest BCUT2D eigenvalue weighted by molar-refractivity contribution is 5.00. The molecule has 7 nitrogen and oxygen atoms in total. The lowest BCUT2D eigenvalue weighted by molar-refractivity contribution is -0.0908. The van der Waals surface area contributed by atoms with E-state index in [0.29, 0.717) is 6.61 Å². The van der Waals surface area contributed by atoms with Gasteiger partial charge in [0, 0.05) is 13.1 Å². The predicted molar refractivity (Wildman–Crippen MR) is 91.1 cm³/mol. The van der Waals surface area contributed by atoms with Crippen LogP contribution in [0.4, 0.5) is 0 Å². The minimum atomic E-state index is -0.225. The second kappa shape index (κ2) is 6.90. The molecule has 2 saturated heterocycles. The molecule has 0 unspecified atom stereocenters. The first-order valence-electron chi connectivity index (χ1n) is 9.00. The minimum Gasteiger partial charge on any atom is -0.468 e. The Morgan fingerprint density at radius 3 is 3.04 bits per heavy atom. The van der Waals surface area contributed by atoms with Crippen molar-refractivity contribution >= 4 is 0 Å². The zero-order chi connectivity index (χ0) is 17.3. The first-order valence-corrected chi connectivity index (χ1v) is 9.00. The zero-order valence-electron chi connectivity index (χ0n) is 15.0. The maximum absolute atomic E-state index is 6.50. The van der Waals surface area contributed by atoms with Crippen LogP contribution in [-0.2, 0) is 22.6 Å². The number of hydrogen-bond acceptors (Lipinski definition) is 6. The predicted octanol–water partition coefficient (Wildman–Crippen LogP) is 1.94. The molecule has 0 aromatic carbocycles. The summed E-state index contributed by atoms with van der Waals surface area (Å²) in [5.41, 5.74) is -0.225. The highest BCUT2D eigenvalue weighted by Gasteiger charge is 2.43. The van der Waals surface area contributed by atoms with Gasteiger partial charge in [-0.05, 0) is 38.8 Å². The van der Waals surface area contributed by atoms with Crippen LogP contribution in [0.25, 0.3) is 0 Å². The normalized spacial score (nSPS) is 27.8. The number of aryl methyl sites for hydroxylation is 2. The van der Waals surface area contributed by atoms with Crippen molar-refractivity contribution < 1.29 is 13.9 Å². The maximum atomic E-state index is 6.50. The largest absolute Gasteiger partial charge is 0.468 e. The summed E-state index contributed by atoms with van der Waals surface area (Å²) in [5, 5.41) is 4.46. The molecule has 0 aliphatic carbocycles. The van der Waals surface area contributed by atoms with Crippen LogP contribution in [0, 0.1) is 13.8 Å². The van der Waals surface area contributed by atoms with Crippen LogP contribution < -0.4 is 0 Å². The molecule has 0 saturated carbocycles. The van der Waals surface area contributed by atoms with Crippen molar-refractivity contribution in [2.24, 2.45) is 0 Å². The third kappa shape index (κ3) is 3.78. The van der Waals surface area contributed by atoms with Crippen molar-refractivity contribution in [2.45, 2.75) is 51.5 Å². The fourth-order valence-electron chi connectivity index (χ4n) is 3.92. The fraction of sp³-hybridized carbons (Fsp3) is 0.667. The zero-order valence-corrected chi connectivity index (χ0v) is 15.0. The quantitative estimate of drug-likeness (QED) is 0.843. The van der Waals surface area contributed by atoms with Gasteiger partial charge in [0.15, 0.2) is 0 Å². The number of hydrogen-bond donors (Lipinski definition) is 0. The monoisotopic (exact) mass is 346 g/mol. The van der Waals surface area contributed by atoms with Crippen LogP contribution >= 0.6 is 0 Å². The molecule has 1 spiro atoms. The van der Waals surface area contributed by atoms with Gasteiger partial charge in [-0.15, -0.1) is 0 Å². The Labute approximate surface area is 147 Å². The summed E-state index contributed by atoms with van der Waals surface area (Å²) in [7, 11) is 0. The van der Waals surface area contributed by atoms with Crippen molar-refractivity contribution in [3.8, 4) is 0 Å². The van der Waals surface area contributed by atoms with Gasteiger partial charge in [-0.3, -0.25) is 4.90 Å². The van der Waals surface area contributed by atoms with E-state index >= 15 is 0 Å². The lowest BCUT2D eigenvalue weighted by Crippen LogP contribution is -2.44.